The van der Waals surface area contributed by atoms with Crippen LogP contribution >= 0.6 is 0 Å². The van der Waals surface area contributed by atoms with Gasteiger partial charge in [0.1, 0.15) is 0 Å². The van der Waals surface area contributed by atoms with E-state index in [1.54, 1.807) is 0 Å². The van der Waals surface area contributed by atoms with Crippen LogP contribution in [-0.4, -0.2) is 9.97 Å². The molecule has 2 aromatic heterocycles. The smallest absolute Gasteiger partial charge is 0.0544 e. The van der Waals surface area contributed by atoms with Crippen LogP contribution in [0, 0.1) is 0 Å². The van der Waals surface area contributed by atoms with Crippen molar-refractivity contribution < 1.29 is 0 Å². The third-order valence-electron chi connectivity index (χ3n) is 11.5. The minimum atomic E-state index is -0.0102. The van der Waals surface area contributed by atoms with Gasteiger partial charge >= 0.3 is 0 Å². The summed E-state index contributed by atoms with van der Waals surface area (Å²) in [4.78, 5) is 7.56. The number of hydrogen-bond donors (Lipinski definition) is 2. The molecule has 6 aromatic carbocycles. The SMILES string of the molecule is CCCCCC1(CCCCC)c2cc(-c3cccc4c3[nH]c3ccccc34)ccc2-c2ccc(-c3cccc4c3[nH]c3ccccc34)cc21. The van der Waals surface area contributed by atoms with Gasteiger partial charge in [-0.1, -0.05) is 149 Å². The quantitative estimate of drug-likeness (QED) is 0.140. The third kappa shape index (κ3) is 4.76. The summed E-state index contributed by atoms with van der Waals surface area (Å²) in [5.74, 6) is 0. The lowest BCUT2D eigenvalue weighted by molar-refractivity contribution is 0.405. The number of aromatic amines is 2. The van der Waals surface area contributed by atoms with E-state index in [0.717, 1.165) is 0 Å². The molecule has 2 heteroatoms. The molecular weight excluding hydrogens is 593 g/mol. The zero-order valence-corrected chi connectivity index (χ0v) is 28.7. The van der Waals surface area contributed by atoms with Crippen LogP contribution in [-0.2, 0) is 5.41 Å². The van der Waals surface area contributed by atoms with Gasteiger partial charge in [-0.3, -0.25) is 0 Å². The Morgan fingerprint density at radius 2 is 0.878 bits per heavy atom. The highest BCUT2D eigenvalue weighted by molar-refractivity contribution is 6.13. The summed E-state index contributed by atoms with van der Waals surface area (Å²) in [6.45, 7) is 4.66. The van der Waals surface area contributed by atoms with Gasteiger partial charge in [0.15, 0.2) is 0 Å². The molecule has 49 heavy (non-hydrogen) atoms. The minimum absolute atomic E-state index is 0.0102. The van der Waals surface area contributed by atoms with Crippen molar-refractivity contribution in [1.29, 1.82) is 0 Å². The summed E-state index contributed by atoms with van der Waals surface area (Å²) in [5.41, 5.74) is 15.9. The van der Waals surface area contributed by atoms with Crippen LogP contribution in [0.4, 0.5) is 0 Å². The maximum Gasteiger partial charge on any atom is 0.0544 e. The monoisotopic (exact) mass is 636 g/mol. The average molecular weight is 637 g/mol. The lowest BCUT2D eigenvalue weighted by Crippen LogP contribution is -2.25. The first-order valence-electron chi connectivity index (χ1n) is 18.5. The maximum atomic E-state index is 3.78. The van der Waals surface area contributed by atoms with Crippen LogP contribution in [0.3, 0.4) is 0 Å². The Morgan fingerprint density at radius 3 is 1.35 bits per heavy atom. The van der Waals surface area contributed by atoms with Gasteiger partial charge < -0.3 is 9.97 Å². The molecule has 2 nitrogen and oxygen atoms in total. The van der Waals surface area contributed by atoms with E-state index in [-0.39, 0.29) is 5.41 Å². The van der Waals surface area contributed by atoms with E-state index in [0.29, 0.717) is 0 Å². The lowest BCUT2D eigenvalue weighted by Gasteiger charge is -2.33. The zero-order chi connectivity index (χ0) is 33.0. The Balaban J connectivity index is 1.24. The number of aromatic nitrogens is 2. The van der Waals surface area contributed by atoms with Gasteiger partial charge in [0.25, 0.3) is 0 Å². The predicted molar refractivity (Wildman–Crippen MR) is 211 cm³/mol. The fraction of sp³-hybridized carbons (Fsp3) is 0.234. The summed E-state index contributed by atoms with van der Waals surface area (Å²) in [7, 11) is 0. The summed E-state index contributed by atoms with van der Waals surface area (Å²) < 4.78 is 0. The number of rotatable bonds is 10. The number of fused-ring (bicyclic) bond motifs is 9. The molecule has 0 radical (unpaired) electrons. The van der Waals surface area contributed by atoms with E-state index in [1.807, 2.05) is 0 Å². The normalized spacial score (nSPS) is 13.5. The van der Waals surface area contributed by atoms with E-state index in [1.165, 1.54) is 139 Å². The fourth-order valence-electron chi connectivity index (χ4n) is 9.07. The summed E-state index contributed by atoms with van der Waals surface area (Å²) >= 11 is 0. The first-order valence-corrected chi connectivity index (χ1v) is 18.5. The van der Waals surface area contributed by atoms with Crippen molar-refractivity contribution in [2.24, 2.45) is 0 Å². The Kier molecular flexibility index (Phi) is 7.42. The van der Waals surface area contributed by atoms with Gasteiger partial charge in [0.05, 0.1) is 11.0 Å². The Labute approximate surface area is 289 Å². The number of H-pyrrole nitrogens is 2. The second-order valence-corrected chi connectivity index (χ2v) is 14.3. The Morgan fingerprint density at radius 1 is 0.429 bits per heavy atom. The van der Waals surface area contributed by atoms with Crippen molar-refractivity contribution in [1.82, 2.24) is 9.97 Å². The molecule has 0 unspecified atom stereocenters. The van der Waals surface area contributed by atoms with Crippen molar-refractivity contribution in [2.45, 2.75) is 70.6 Å². The maximum absolute atomic E-state index is 3.78. The van der Waals surface area contributed by atoms with Crippen molar-refractivity contribution >= 4 is 43.6 Å². The van der Waals surface area contributed by atoms with E-state index in [2.05, 4.69) is 145 Å². The van der Waals surface area contributed by atoms with Gasteiger partial charge in [-0.2, -0.15) is 0 Å². The molecule has 0 aliphatic heterocycles. The summed E-state index contributed by atoms with van der Waals surface area (Å²) in [6, 6.07) is 45.7. The molecule has 0 fully saturated rings. The number of unbranched alkanes of at least 4 members (excludes halogenated alkanes) is 4. The number of benzene rings is 6. The average Bonchev–Trinajstić information content (AvgIpc) is 3.80. The fourth-order valence-corrected chi connectivity index (χ4v) is 9.07. The van der Waals surface area contributed by atoms with Crippen LogP contribution < -0.4 is 0 Å². The van der Waals surface area contributed by atoms with E-state index >= 15 is 0 Å². The predicted octanol–water partition coefficient (Wildman–Crippen LogP) is 13.7. The molecule has 0 atom stereocenters. The zero-order valence-electron chi connectivity index (χ0n) is 28.7. The minimum Gasteiger partial charge on any atom is -0.354 e. The van der Waals surface area contributed by atoms with Crippen LogP contribution in [0.25, 0.3) is 77.0 Å². The van der Waals surface area contributed by atoms with Gasteiger partial charge in [0.2, 0.25) is 0 Å². The van der Waals surface area contributed by atoms with Crippen LogP contribution in [0.1, 0.15) is 76.3 Å². The molecule has 2 N–H and O–H groups in total. The molecule has 9 rings (SSSR count). The van der Waals surface area contributed by atoms with Gasteiger partial charge in [0, 0.05) is 49.1 Å². The molecule has 1 aliphatic carbocycles. The lowest BCUT2D eigenvalue weighted by atomic mass is 9.70. The molecule has 2 heterocycles. The van der Waals surface area contributed by atoms with Gasteiger partial charge in [-0.25, -0.2) is 0 Å². The first-order chi connectivity index (χ1) is 24.2. The Bertz CT molecular complexity index is 2310. The number of nitrogens with one attached hydrogen (secondary N) is 2. The molecule has 0 saturated carbocycles. The van der Waals surface area contributed by atoms with E-state index in [4.69, 9.17) is 0 Å². The Hall–Kier alpha value is -5.08. The summed E-state index contributed by atoms with van der Waals surface area (Å²) in [6.07, 6.45) is 9.85. The molecule has 242 valence electrons. The second kappa shape index (κ2) is 12.1. The molecule has 1 aliphatic rings. The van der Waals surface area contributed by atoms with Gasteiger partial charge in [-0.05, 0) is 70.5 Å². The van der Waals surface area contributed by atoms with Crippen LogP contribution in [0.15, 0.2) is 121 Å². The molecule has 0 amide bonds. The van der Waals surface area contributed by atoms with Crippen molar-refractivity contribution in [3.8, 4) is 33.4 Å². The third-order valence-corrected chi connectivity index (χ3v) is 11.5. The van der Waals surface area contributed by atoms with E-state index in [9.17, 15) is 0 Å². The molecular formula is C47H44N2. The molecule has 0 saturated heterocycles. The number of hydrogen-bond acceptors (Lipinski definition) is 0. The van der Waals surface area contributed by atoms with Crippen molar-refractivity contribution in [2.75, 3.05) is 0 Å². The number of para-hydroxylation sites is 4. The second-order valence-electron chi connectivity index (χ2n) is 14.3. The van der Waals surface area contributed by atoms with Crippen LogP contribution in [0.2, 0.25) is 0 Å². The van der Waals surface area contributed by atoms with E-state index < -0.39 is 0 Å². The highest BCUT2D eigenvalue weighted by Crippen LogP contribution is 2.56. The van der Waals surface area contributed by atoms with Crippen molar-refractivity contribution in [3.63, 3.8) is 0 Å². The molecule has 0 bridgehead atoms. The topological polar surface area (TPSA) is 31.6 Å². The molecule has 8 aromatic rings. The van der Waals surface area contributed by atoms with Crippen molar-refractivity contribution in [3.05, 3.63) is 132 Å². The molecule has 0 spiro atoms. The largest absolute Gasteiger partial charge is 0.354 e. The first kappa shape index (κ1) is 30.0. The van der Waals surface area contributed by atoms with Gasteiger partial charge in [-0.15, -0.1) is 0 Å². The standard InChI is InChI=1S/C47H44N2/c1-3-5-11-27-47(28-12-6-4-2)41-29-31(33-17-13-19-39-37-15-7-9-21-43(37)48-45(33)39)23-25-35(41)36-26-24-32(30-42(36)47)34-18-14-20-40-38-16-8-10-22-44(38)49-46(34)40/h7-10,13-26,29-30,48-49H,3-6,11-12,27-28H2,1-2H3. The summed E-state index contributed by atoms with van der Waals surface area (Å²) in [5, 5.41) is 5.17. The highest BCUT2D eigenvalue weighted by atomic mass is 14.7. The highest BCUT2D eigenvalue weighted by Gasteiger charge is 2.42. The van der Waals surface area contributed by atoms with Crippen LogP contribution in [0.5, 0.6) is 0 Å².